The van der Waals surface area contributed by atoms with Gasteiger partial charge in [0.1, 0.15) is 0 Å². The zero-order valence-electron chi connectivity index (χ0n) is 10.8. The molecule has 2 atom stereocenters. The van der Waals surface area contributed by atoms with E-state index in [-0.39, 0.29) is 11.9 Å². The van der Waals surface area contributed by atoms with Crippen LogP contribution in [0.1, 0.15) is 34.1 Å². The second-order valence-corrected chi connectivity index (χ2v) is 5.94. The lowest BCUT2D eigenvalue weighted by atomic mass is 9.92. The lowest BCUT2D eigenvalue weighted by Crippen LogP contribution is -2.41. The first-order valence-electron chi connectivity index (χ1n) is 5.95. The van der Waals surface area contributed by atoms with Crippen LogP contribution in [0.4, 0.5) is 0 Å². The second-order valence-electron chi connectivity index (χ2n) is 5.94. The fraction of sp³-hybridized carbons (Fsp3) is 0.917. The first kappa shape index (κ1) is 13.5. The van der Waals surface area contributed by atoms with Gasteiger partial charge in [0.15, 0.2) is 0 Å². The smallest absolute Gasteiger partial charge is 0.217 e. The number of carbonyl (C=O) groups excluding carboxylic acids is 1. The van der Waals surface area contributed by atoms with Gasteiger partial charge in [0.2, 0.25) is 5.91 Å². The van der Waals surface area contributed by atoms with Crippen LogP contribution in [0.15, 0.2) is 0 Å². The van der Waals surface area contributed by atoms with Gasteiger partial charge in [-0.3, -0.25) is 9.69 Å². The van der Waals surface area contributed by atoms with Crippen molar-refractivity contribution in [2.24, 2.45) is 5.41 Å². The number of aliphatic hydroxyl groups is 1. The van der Waals surface area contributed by atoms with Crippen LogP contribution in [0.2, 0.25) is 0 Å². The summed E-state index contributed by atoms with van der Waals surface area (Å²) in [5.41, 5.74) is 0.317. The van der Waals surface area contributed by atoms with Gasteiger partial charge in [0.05, 0.1) is 12.1 Å². The summed E-state index contributed by atoms with van der Waals surface area (Å²) in [5, 5.41) is 12.6. The molecule has 1 fully saturated rings. The molecule has 2 N–H and O–H groups in total. The number of nitrogens with one attached hydrogen (secondary N) is 1. The molecule has 94 valence electrons. The molecule has 1 saturated heterocycles. The normalized spacial score (nSPS) is 27.1. The molecule has 0 aromatic heterocycles. The van der Waals surface area contributed by atoms with E-state index in [1.54, 1.807) is 0 Å². The van der Waals surface area contributed by atoms with Gasteiger partial charge in [-0.2, -0.15) is 0 Å². The zero-order valence-corrected chi connectivity index (χ0v) is 10.8. The number of β-amino-alcohol motifs (C(OH)–C–C–N with tert-alkyl or cyclic N) is 1. The van der Waals surface area contributed by atoms with Crippen molar-refractivity contribution in [1.29, 1.82) is 0 Å². The highest BCUT2D eigenvalue weighted by Gasteiger charge is 2.31. The Balaban J connectivity index is 2.35. The molecular formula is C12H24N2O2. The van der Waals surface area contributed by atoms with Gasteiger partial charge in [0.25, 0.3) is 0 Å². The Bertz CT molecular complexity index is 248. The van der Waals surface area contributed by atoms with Gasteiger partial charge < -0.3 is 10.4 Å². The summed E-state index contributed by atoms with van der Waals surface area (Å²) >= 11 is 0. The van der Waals surface area contributed by atoms with Gasteiger partial charge in [-0.1, -0.05) is 20.8 Å². The average Bonchev–Trinajstić information content (AvgIpc) is 2.42. The van der Waals surface area contributed by atoms with E-state index in [0.29, 0.717) is 12.0 Å². The van der Waals surface area contributed by atoms with Gasteiger partial charge in [-0.05, 0) is 18.4 Å². The first-order valence-corrected chi connectivity index (χ1v) is 5.95. The third kappa shape index (κ3) is 4.49. The van der Waals surface area contributed by atoms with Crippen molar-refractivity contribution in [2.45, 2.75) is 46.3 Å². The van der Waals surface area contributed by atoms with Crippen molar-refractivity contribution in [3.63, 3.8) is 0 Å². The minimum Gasteiger partial charge on any atom is -0.390 e. The molecule has 16 heavy (non-hydrogen) atoms. The van der Waals surface area contributed by atoms with Crippen molar-refractivity contribution >= 4 is 5.91 Å². The molecule has 0 aliphatic carbocycles. The maximum Gasteiger partial charge on any atom is 0.217 e. The molecule has 1 amide bonds. The Hall–Kier alpha value is -0.610. The number of carbonyl (C=O) groups is 1. The van der Waals surface area contributed by atoms with E-state index in [4.69, 9.17) is 0 Å². The van der Waals surface area contributed by atoms with Crippen molar-refractivity contribution < 1.29 is 9.90 Å². The van der Waals surface area contributed by atoms with Gasteiger partial charge in [0, 0.05) is 20.0 Å². The molecule has 0 unspecified atom stereocenters. The van der Waals surface area contributed by atoms with E-state index in [1.807, 2.05) is 0 Å². The highest BCUT2D eigenvalue weighted by Crippen LogP contribution is 2.20. The first-order chi connectivity index (χ1) is 7.28. The second kappa shape index (κ2) is 5.15. The Morgan fingerprint density at radius 2 is 2.06 bits per heavy atom. The minimum atomic E-state index is -0.427. The van der Waals surface area contributed by atoms with Gasteiger partial charge in [-0.25, -0.2) is 0 Å². The molecular weight excluding hydrogens is 204 g/mol. The summed E-state index contributed by atoms with van der Waals surface area (Å²) in [6.07, 6.45) is 0.677. The number of amides is 1. The third-order valence-electron chi connectivity index (χ3n) is 2.93. The third-order valence-corrected chi connectivity index (χ3v) is 2.93. The molecule has 1 rings (SSSR count). The largest absolute Gasteiger partial charge is 0.390 e. The molecule has 0 spiro atoms. The Kier molecular flexibility index (Phi) is 4.33. The molecule has 1 aliphatic rings. The van der Waals surface area contributed by atoms with E-state index in [0.717, 1.165) is 19.5 Å². The maximum absolute atomic E-state index is 10.9. The fourth-order valence-corrected chi connectivity index (χ4v) is 1.95. The monoisotopic (exact) mass is 228 g/mol. The van der Waals surface area contributed by atoms with E-state index >= 15 is 0 Å². The molecule has 4 heteroatoms. The minimum absolute atomic E-state index is 0.0679. The van der Waals surface area contributed by atoms with Crippen LogP contribution in [0.5, 0.6) is 0 Å². The van der Waals surface area contributed by atoms with E-state index in [2.05, 4.69) is 31.0 Å². The summed E-state index contributed by atoms with van der Waals surface area (Å²) in [6.45, 7) is 10.5. The highest BCUT2D eigenvalue weighted by molar-refractivity contribution is 5.73. The van der Waals surface area contributed by atoms with Crippen LogP contribution in [-0.4, -0.2) is 47.7 Å². The van der Waals surface area contributed by atoms with Crippen LogP contribution < -0.4 is 5.32 Å². The topological polar surface area (TPSA) is 52.6 Å². The number of likely N-dealkylation sites (tertiary alicyclic amines) is 1. The lowest BCUT2D eigenvalue weighted by molar-refractivity contribution is -0.120. The SMILES string of the molecule is CC(=O)N[C@@H]1CN(CCC(C)(C)C)C[C@H]1O. The van der Waals surface area contributed by atoms with E-state index in [9.17, 15) is 9.90 Å². The predicted octanol–water partition coefficient (Wildman–Crippen LogP) is 0.604. The summed E-state index contributed by atoms with van der Waals surface area (Å²) in [6, 6.07) is -0.0996. The standard InChI is InChI=1S/C12H24N2O2/c1-9(15)13-10-7-14(8-11(10)16)6-5-12(2,3)4/h10-11,16H,5-8H2,1-4H3,(H,13,15)/t10-,11-/m1/s1. The number of rotatable bonds is 3. The molecule has 0 aromatic rings. The average molecular weight is 228 g/mol. The molecule has 1 heterocycles. The summed E-state index contributed by atoms with van der Waals surface area (Å²) in [5.74, 6) is -0.0679. The number of nitrogens with zero attached hydrogens (tertiary/aromatic N) is 1. The van der Waals surface area contributed by atoms with Crippen LogP contribution in [-0.2, 0) is 4.79 Å². The highest BCUT2D eigenvalue weighted by atomic mass is 16.3. The quantitative estimate of drug-likeness (QED) is 0.744. The number of aliphatic hydroxyl groups excluding tert-OH is 1. The predicted molar refractivity (Wildman–Crippen MR) is 64.1 cm³/mol. The van der Waals surface area contributed by atoms with Crippen LogP contribution in [0.3, 0.4) is 0 Å². The zero-order chi connectivity index (χ0) is 12.3. The molecule has 0 bridgehead atoms. The van der Waals surface area contributed by atoms with Crippen LogP contribution in [0.25, 0.3) is 0 Å². The number of hydrogen-bond donors (Lipinski definition) is 2. The van der Waals surface area contributed by atoms with Gasteiger partial charge >= 0.3 is 0 Å². The fourth-order valence-electron chi connectivity index (χ4n) is 1.95. The molecule has 0 radical (unpaired) electrons. The van der Waals surface area contributed by atoms with Crippen molar-refractivity contribution in [2.75, 3.05) is 19.6 Å². The Morgan fingerprint density at radius 3 is 2.56 bits per heavy atom. The van der Waals surface area contributed by atoms with Crippen LogP contribution in [0, 0.1) is 5.41 Å². The van der Waals surface area contributed by atoms with Crippen molar-refractivity contribution in [1.82, 2.24) is 10.2 Å². The van der Waals surface area contributed by atoms with E-state index < -0.39 is 6.10 Å². The maximum atomic E-state index is 10.9. The van der Waals surface area contributed by atoms with Gasteiger partial charge in [-0.15, -0.1) is 0 Å². The lowest BCUT2D eigenvalue weighted by Gasteiger charge is -2.23. The summed E-state index contributed by atoms with van der Waals surface area (Å²) in [7, 11) is 0. The molecule has 4 nitrogen and oxygen atoms in total. The summed E-state index contributed by atoms with van der Waals surface area (Å²) < 4.78 is 0. The van der Waals surface area contributed by atoms with E-state index in [1.165, 1.54) is 6.92 Å². The molecule has 0 saturated carbocycles. The Morgan fingerprint density at radius 1 is 1.44 bits per heavy atom. The van der Waals surface area contributed by atoms with Crippen molar-refractivity contribution in [3.8, 4) is 0 Å². The van der Waals surface area contributed by atoms with Crippen LogP contribution >= 0.6 is 0 Å². The molecule has 0 aromatic carbocycles. The summed E-state index contributed by atoms with van der Waals surface area (Å²) in [4.78, 5) is 13.1. The van der Waals surface area contributed by atoms with Crippen molar-refractivity contribution in [3.05, 3.63) is 0 Å². The molecule has 1 aliphatic heterocycles. The Labute approximate surface area is 98.0 Å². The number of hydrogen-bond acceptors (Lipinski definition) is 3.